The summed E-state index contributed by atoms with van der Waals surface area (Å²) in [5.41, 5.74) is 6.73. The van der Waals surface area contributed by atoms with Gasteiger partial charge in [-0.2, -0.15) is 27.8 Å². The molecule has 3 aromatic heterocycles. The van der Waals surface area contributed by atoms with Gasteiger partial charge in [0.2, 0.25) is 0 Å². The molecule has 7 rings (SSSR count). The summed E-state index contributed by atoms with van der Waals surface area (Å²) in [4.78, 5) is 4.72. The van der Waals surface area contributed by atoms with E-state index in [9.17, 15) is 10.5 Å². The maximum Gasteiger partial charge on any atom is 2.00 e. The zero-order valence-electron chi connectivity index (χ0n) is 25.2. The zero-order chi connectivity index (χ0) is 31.1. The number of pyridine rings is 1. The molecule has 0 fully saturated rings. The van der Waals surface area contributed by atoms with Gasteiger partial charge in [-0.05, 0) is 65.4 Å². The standard InChI is InChI=1S/C38H26N6O.Pt/c1-24(2)26-13-14-41-37(17-26)44-35-10-5-4-9-33(35)34-12-11-32(19-36(34)44)45-31-8-6-7-30(18-31)43-23-29(22-42-43)38-27(20-39)15-25(3)16-28(38)21-40;/h4-17,22-24H,1-3H3;/q-2;+2. The Hall–Kier alpha value is -5.49. The van der Waals surface area contributed by atoms with Crippen LogP contribution in [0, 0.1) is 41.7 Å². The summed E-state index contributed by atoms with van der Waals surface area (Å²) in [5.74, 6) is 2.23. The minimum atomic E-state index is 0. The van der Waals surface area contributed by atoms with E-state index in [2.05, 4.69) is 78.1 Å². The summed E-state index contributed by atoms with van der Waals surface area (Å²) >= 11 is 0. The molecule has 46 heavy (non-hydrogen) atoms. The summed E-state index contributed by atoms with van der Waals surface area (Å²) in [7, 11) is 0. The van der Waals surface area contributed by atoms with Gasteiger partial charge in [-0.1, -0.05) is 37.6 Å². The first-order chi connectivity index (χ1) is 21.9. The van der Waals surface area contributed by atoms with Crippen molar-refractivity contribution in [1.29, 1.82) is 10.5 Å². The van der Waals surface area contributed by atoms with Crippen molar-refractivity contribution in [3.63, 3.8) is 0 Å². The molecule has 0 unspecified atom stereocenters. The van der Waals surface area contributed by atoms with E-state index < -0.39 is 0 Å². The Labute approximate surface area is 281 Å². The molecule has 0 aliphatic heterocycles. The Balaban J connectivity index is 0.00000372. The van der Waals surface area contributed by atoms with E-state index in [-0.39, 0.29) is 21.1 Å². The minimum absolute atomic E-state index is 0. The molecule has 0 bridgehead atoms. The van der Waals surface area contributed by atoms with Gasteiger partial charge in [0.15, 0.2) is 0 Å². The van der Waals surface area contributed by atoms with Crippen LogP contribution in [0.15, 0.2) is 97.5 Å². The number of fused-ring (bicyclic) bond motifs is 3. The number of aromatic nitrogens is 4. The van der Waals surface area contributed by atoms with Crippen LogP contribution >= 0.6 is 0 Å². The van der Waals surface area contributed by atoms with E-state index >= 15 is 0 Å². The second-order valence-electron chi connectivity index (χ2n) is 11.2. The normalized spacial score (nSPS) is 10.9. The molecule has 3 heterocycles. The van der Waals surface area contributed by atoms with Crippen LogP contribution in [0.2, 0.25) is 0 Å². The van der Waals surface area contributed by atoms with Crippen LogP contribution in [0.25, 0.3) is 44.4 Å². The van der Waals surface area contributed by atoms with Crippen molar-refractivity contribution in [3.05, 3.63) is 132 Å². The molecule has 7 nitrogen and oxygen atoms in total. The van der Waals surface area contributed by atoms with Crippen molar-refractivity contribution in [1.82, 2.24) is 19.3 Å². The second kappa shape index (κ2) is 12.5. The van der Waals surface area contributed by atoms with Gasteiger partial charge in [0, 0.05) is 40.5 Å². The van der Waals surface area contributed by atoms with Crippen LogP contribution in [0.3, 0.4) is 0 Å². The zero-order valence-corrected chi connectivity index (χ0v) is 27.5. The SMILES string of the molecule is Cc1cc(C#N)c(-c2cnn(-c3[c-]c(Oc4[c-]c5c(cc4)c4ccccc4n5-c4cc(C(C)C)ccn4)ccc3)c2)c(C#N)c1.[Pt+2]. The van der Waals surface area contributed by atoms with E-state index in [1.54, 1.807) is 29.2 Å². The van der Waals surface area contributed by atoms with Gasteiger partial charge in [0.25, 0.3) is 0 Å². The smallest absolute Gasteiger partial charge is 0.509 e. The van der Waals surface area contributed by atoms with E-state index in [0.29, 0.717) is 45.4 Å². The summed E-state index contributed by atoms with van der Waals surface area (Å²) in [6.07, 6.45) is 5.29. The number of ether oxygens (including phenoxy) is 1. The first kappa shape index (κ1) is 30.5. The number of rotatable bonds is 6. The van der Waals surface area contributed by atoms with Crippen LogP contribution in [0.4, 0.5) is 0 Å². The van der Waals surface area contributed by atoms with Crippen molar-refractivity contribution >= 4 is 21.8 Å². The van der Waals surface area contributed by atoms with Crippen molar-refractivity contribution in [2.45, 2.75) is 26.7 Å². The second-order valence-corrected chi connectivity index (χ2v) is 11.2. The van der Waals surface area contributed by atoms with Crippen molar-refractivity contribution < 1.29 is 25.8 Å². The molecule has 0 saturated heterocycles. The third kappa shape index (κ3) is 5.47. The molecular formula is C38H26N6OPt. The van der Waals surface area contributed by atoms with Crippen LogP contribution in [0.1, 0.15) is 42.0 Å². The number of nitriles is 2. The number of aryl methyl sites for hydroxylation is 1. The van der Waals surface area contributed by atoms with Gasteiger partial charge in [-0.25, -0.2) is 4.98 Å². The molecule has 0 atom stereocenters. The van der Waals surface area contributed by atoms with Crippen LogP contribution in [-0.4, -0.2) is 19.3 Å². The predicted octanol–water partition coefficient (Wildman–Crippen LogP) is 8.60. The Kier molecular flexibility index (Phi) is 8.29. The fourth-order valence-corrected chi connectivity index (χ4v) is 5.69. The molecule has 224 valence electrons. The predicted molar refractivity (Wildman–Crippen MR) is 174 cm³/mol. The van der Waals surface area contributed by atoms with Crippen LogP contribution in [-0.2, 0) is 21.1 Å². The van der Waals surface area contributed by atoms with E-state index in [1.165, 1.54) is 5.56 Å². The van der Waals surface area contributed by atoms with Gasteiger partial charge in [-0.15, -0.1) is 35.7 Å². The number of hydrogen-bond acceptors (Lipinski definition) is 5. The van der Waals surface area contributed by atoms with E-state index in [0.717, 1.165) is 33.2 Å². The van der Waals surface area contributed by atoms with Gasteiger partial charge in [-0.3, -0.25) is 4.68 Å². The molecule has 0 N–H and O–H groups in total. The Morgan fingerprint density at radius 1 is 0.848 bits per heavy atom. The number of hydrogen-bond donors (Lipinski definition) is 0. The van der Waals surface area contributed by atoms with Gasteiger partial charge in [0.1, 0.15) is 5.82 Å². The molecule has 8 heteroatoms. The van der Waals surface area contributed by atoms with Gasteiger partial charge < -0.3 is 9.30 Å². The summed E-state index contributed by atoms with van der Waals surface area (Å²) in [5, 5.41) is 26.1. The molecule has 0 amide bonds. The number of para-hydroxylation sites is 1. The fourth-order valence-electron chi connectivity index (χ4n) is 5.69. The third-order valence-electron chi connectivity index (χ3n) is 7.84. The Morgan fingerprint density at radius 2 is 1.61 bits per heavy atom. The topological polar surface area (TPSA) is 92.4 Å². The van der Waals surface area contributed by atoms with Gasteiger partial charge >= 0.3 is 21.1 Å². The average Bonchev–Trinajstić information content (AvgIpc) is 3.67. The Morgan fingerprint density at radius 3 is 2.37 bits per heavy atom. The van der Waals surface area contributed by atoms with E-state index in [4.69, 9.17) is 9.72 Å². The first-order valence-electron chi connectivity index (χ1n) is 14.6. The summed E-state index contributed by atoms with van der Waals surface area (Å²) in [6, 6.07) is 36.7. The first-order valence-corrected chi connectivity index (χ1v) is 14.6. The van der Waals surface area contributed by atoms with E-state index in [1.807, 2.05) is 49.5 Å². The fraction of sp³-hybridized carbons (Fsp3) is 0.105. The molecule has 7 aromatic rings. The van der Waals surface area contributed by atoms with Crippen molar-refractivity contribution in [3.8, 4) is 46.3 Å². The Bertz CT molecular complexity index is 2300. The number of nitrogens with zero attached hydrogens (tertiary/aromatic N) is 6. The van der Waals surface area contributed by atoms with Crippen molar-refractivity contribution in [2.75, 3.05) is 0 Å². The third-order valence-corrected chi connectivity index (χ3v) is 7.84. The molecule has 0 aliphatic rings. The maximum atomic E-state index is 9.73. The molecule has 4 aromatic carbocycles. The minimum Gasteiger partial charge on any atom is -0.509 e. The maximum absolute atomic E-state index is 9.73. The summed E-state index contributed by atoms with van der Waals surface area (Å²) < 4.78 is 10.1. The van der Waals surface area contributed by atoms with Crippen LogP contribution < -0.4 is 4.74 Å². The average molecular weight is 778 g/mol. The largest absolute Gasteiger partial charge is 2.00 e. The monoisotopic (exact) mass is 777 g/mol. The number of benzene rings is 4. The summed E-state index contributed by atoms with van der Waals surface area (Å²) in [6.45, 7) is 6.21. The molecule has 0 radical (unpaired) electrons. The molecule has 0 aliphatic carbocycles. The van der Waals surface area contributed by atoms with Crippen LogP contribution in [0.5, 0.6) is 11.5 Å². The quantitative estimate of drug-likeness (QED) is 0.158. The van der Waals surface area contributed by atoms with Crippen molar-refractivity contribution in [2.24, 2.45) is 0 Å². The molecular weight excluding hydrogens is 752 g/mol. The molecule has 0 saturated carbocycles. The van der Waals surface area contributed by atoms with Gasteiger partial charge in [0.05, 0.1) is 29.5 Å². The molecule has 0 spiro atoms.